The average Bonchev–Trinajstić information content (AvgIpc) is 2.66. The minimum absolute atomic E-state index is 0.0610. The Hall–Kier alpha value is -2.56. The van der Waals surface area contributed by atoms with Gasteiger partial charge in [-0.25, -0.2) is 13.1 Å². The fourth-order valence-corrected chi connectivity index (χ4v) is 3.92. The molecule has 0 heterocycles. The summed E-state index contributed by atoms with van der Waals surface area (Å²) in [6.45, 7) is 3.59. The molecule has 2 rings (SSSR count). The molecule has 0 fully saturated rings. The first kappa shape index (κ1) is 23.7. The quantitative estimate of drug-likeness (QED) is 0.330. The Kier molecular flexibility index (Phi) is 8.27. The molecule has 0 radical (unpaired) electrons. The third kappa shape index (κ3) is 8.85. The minimum atomic E-state index is -4.35. The van der Waals surface area contributed by atoms with Crippen LogP contribution in [-0.2, 0) is 20.6 Å². The van der Waals surface area contributed by atoms with Gasteiger partial charge in [-0.05, 0) is 53.2 Å². The lowest BCUT2D eigenvalue weighted by atomic mass is 10.2. The van der Waals surface area contributed by atoms with Gasteiger partial charge in [0.05, 0.1) is 5.75 Å². The summed E-state index contributed by atoms with van der Waals surface area (Å²) in [4.78, 5) is 12.1. The maximum absolute atomic E-state index is 12.3. The number of hydrogen-bond acceptors (Lipinski definition) is 4. The monoisotopic (exact) mass is 456 g/mol. The van der Waals surface area contributed by atoms with E-state index < -0.39 is 21.4 Å². The van der Waals surface area contributed by atoms with Gasteiger partial charge in [-0.1, -0.05) is 30.3 Å². The van der Waals surface area contributed by atoms with Crippen LogP contribution in [0.2, 0.25) is 0 Å². The van der Waals surface area contributed by atoms with Gasteiger partial charge in [0.1, 0.15) is 0 Å². The molecule has 0 aliphatic rings. The molecule has 0 aromatic heterocycles. The number of hydrogen-bond donors (Lipinski definition) is 2. The van der Waals surface area contributed by atoms with Crippen LogP contribution >= 0.6 is 11.8 Å². The first-order chi connectivity index (χ1) is 14.1. The van der Waals surface area contributed by atoms with Crippen LogP contribution < -0.4 is 10.0 Å². The second kappa shape index (κ2) is 10.5. The van der Waals surface area contributed by atoms with Crippen LogP contribution in [0.5, 0.6) is 0 Å². The molecule has 0 saturated heterocycles. The second-order valence-corrected chi connectivity index (χ2v) is 8.98. The summed E-state index contributed by atoms with van der Waals surface area (Å²) in [5.41, 5.74) is -2.75. The highest BCUT2D eigenvalue weighted by molar-refractivity contribution is 8.00. The zero-order valence-electron chi connectivity index (χ0n) is 15.6. The Morgan fingerprint density at radius 2 is 1.70 bits per heavy atom. The lowest BCUT2D eigenvalue weighted by molar-refractivity contribution is -0.111. The molecular formula is C20H19F3N2O3S2. The molecule has 5 nitrogen and oxygen atoms in total. The van der Waals surface area contributed by atoms with E-state index in [-0.39, 0.29) is 29.0 Å². The molecule has 0 aliphatic carbocycles. The van der Waals surface area contributed by atoms with Crippen molar-refractivity contribution < 1.29 is 26.4 Å². The molecule has 2 aromatic carbocycles. The highest BCUT2D eigenvalue weighted by atomic mass is 32.2. The van der Waals surface area contributed by atoms with Gasteiger partial charge in [-0.15, -0.1) is 6.58 Å². The van der Waals surface area contributed by atoms with Crippen molar-refractivity contribution in [2.45, 2.75) is 16.2 Å². The highest BCUT2D eigenvalue weighted by Gasteiger charge is 2.28. The van der Waals surface area contributed by atoms with E-state index in [9.17, 15) is 26.4 Å². The number of halogens is 3. The van der Waals surface area contributed by atoms with E-state index in [2.05, 4.69) is 16.6 Å². The van der Waals surface area contributed by atoms with Gasteiger partial charge in [0.25, 0.3) is 0 Å². The van der Waals surface area contributed by atoms with Gasteiger partial charge in [0.15, 0.2) is 0 Å². The fraction of sp³-hybridized carbons (Fsp3) is 0.150. The zero-order chi connectivity index (χ0) is 22.2. The Labute approximate surface area is 177 Å². The second-order valence-electron chi connectivity index (χ2n) is 6.03. The summed E-state index contributed by atoms with van der Waals surface area (Å²) in [7, 11) is -3.47. The molecule has 30 heavy (non-hydrogen) atoms. The van der Waals surface area contributed by atoms with Gasteiger partial charge in [-0.2, -0.15) is 13.2 Å². The molecule has 0 unspecified atom stereocenters. The zero-order valence-corrected chi connectivity index (χ0v) is 17.3. The van der Waals surface area contributed by atoms with E-state index >= 15 is 0 Å². The number of sulfonamides is 1. The number of carbonyl (C=O) groups excluding carboxylic acids is 1. The van der Waals surface area contributed by atoms with Crippen molar-refractivity contribution in [1.82, 2.24) is 4.72 Å². The molecule has 0 aliphatic heterocycles. The molecule has 10 heteroatoms. The Balaban J connectivity index is 1.91. The molecule has 1 amide bonds. The third-order valence-corrected chi connectivity index (χ3v) is 5.63. The van der Waals surface area contributed by atoms with Crippen LogP contribution in [0.4, 0.5) is 18.9 Å². The predicted molar refractivity (Wildman–Crippen MR) is 113 cm³/mol. The number of rotatable bonds is 9. The van der Waals surface area contributed by atoms with Crippen LogP contribution in [0.1, 0.15) is 11.1 Å². The lowest BCUT2D eigenvalue weighted by Gasteiger charge is -2.07. The molecule has 2 N–H and O–H groups in total. The van der Waals surface area contributed by atoms with Gasteiger partial charge >= 0.3 is 5.51 Å². The minimum Gasteiger partial charge on any atom is -0.323 e. The van der Waals surface area contributed by atoms with E-state index in [0.717, 1.165) is 0 Å². The maximum Gasteiger partial charge on any atom is 0.446 e. The SMILES string of the molecule is C=CCNS(=O)(=O)Cc1ccc(NC(=O)/C=C/c2ccc(SC(F)(F)F)cc2)cc1. The summed E-state index contributed by atoms with van der Waals surface area (Å²) in [5, 5.41) is 2.62. The van der Waals surface area contributed by atoms with Gasteiger partial charge in [0.2, 0.25) is 15.9 Å². The van der Waals surface area contributed by atoms with Gasteiger partial charge in [-0.3, -0.25) is 4.79 Å². The Morgan fingerprint density at radius 3 is 2.27 bits per heavy atom. The highest BCUT2D eigenvalue weighted by Crippen LogP contribution is 2.36. The van der Waals surface area contributed by atoms with Crippen molar-refractivity contribution in [2.24, 2.45) is 0 Å². The molecule has 2 aromatic rings. The summed E-state index contributed by atoms with van der Waals surface area (Å²) >= 11 is -0.206. The van der Waals surface area contributed by atoms with Crippen molar-refractivity contribution in [3.8, 4) is 0 Å². The first-order valence-corrected chi connectivity index (χ1v) is 11.1. The van der Waals surface area contributed by atoms with Crippen LogP contribution in [0.25, 0.3) is 6.08 Å². The van der Waals surface area contributed by atoms with E-state index in [4.69, 9.17) is 0 Å². The van der Waals surface area contributed by atoms with E-state index in [1.54, 1.807) is 24.3 Å². The van der Waals surface area contributed by atoms with Crippen molar-refractivity contribution in [2.75, 3.05) is 11.9 Å². The summed E-state index contributed by atoms with van der Waals surface area (Å²) in [6.07, 6.45) is 4.17. The van der Waals surface area contributed by atoms with Crippen LogP contribution in [-0.4, -0.2) is 26.4 Å². The number of anilines is 1. The maximum atomic E-state index is 12.3. The number of thioether (sulfide) groups is 1. The molecule has 0 spiro atoms. The molecule has 0 atom stereocenters. The molecule has 0 bridgehead atoms. The van der Waals surface area contributed by atoms with Crippen molar-refractivity contribution in [3.63, 3.8) is 0 Å². The van der Waals surface area contributed by atoms with E-state index in [0.29, 0.717) is 16.8 Å². The Morgan fingerprint density at radius 1 is 1.07 bits per heavy atom. The predicted octanol–water partition coefficient (Wildman–Crippen LogP) is 4.56. The Bertz CT molecular complexity index is 1000. The molecule has 0 saturated carbocycles. The molecule has 160 valence electrons. The van der Waals surface area contributed by atoms with Crippen molar-refractivity contribution in [1.29, 1.82) is 0 Å². The number of alkyl halides is 3. The largest absolute Gasteiger partial charge is 0.446 e. The standard InChI is InChI=1S/C20H19F3N2O3S2/c1-2-13-24-30(27,28)14-16-3-8-17(9-4-16)25-19(26)12-7-15-5-10-18(11-6-15)29-20(21,22)23/h2-12,24H,1,13-14H2,(H,25,26)/b12-7+. The van der Waals surface area contributed by atoms with E-state index in [1.807, 2.05) is 0 Å². The molecular weight excluding hydrogens is 437 g/mol. The van der Waals surface area contributed by atoms with Gasteiger partial charge in [0, 0.05) is 23.2 Å². The number of benzene rings is 2. The summed E-state index contributed by atoms with van der Waals surface area (Å²) in [5.74, 6) is -0.630. The van der Waals surface area contributed by atoms with Crippen LogP contribution in [0.15, 0.2) is 72.2 Å². The summed E-state index contributed by atoms with van der Waals surface area (Å²) in [6, 6.07) is 11.9. The topological polar surface area (TPSA) is 75.3 Å². The van der Waals surface area contributed by atoms with E-state index in [1.165, 1.54) is 42.5 Å². The normalized spacial score (nSPS) is 12.1. The average molecular weight is 457 g/mol. The summed E-state index contributed by atoms with van der Waals surface area (Å²) < 4.78 is 63.0. The van der Waals surface area contributed by atoms with Crippen LogP contribution in [0, 0.1) is 0 Å². The fourth-order valence-electron chi connectivity index (χ4n) is 2.28. The smallest absolute Gasteiger partial charge is 0.323 e. The van der Waals surface area contributed by atoms with Crippen molar-refractivity contribution in [3.05, 3.63) is 78.4 Å². The van der Waals surface area contributed by atoms with Crippen molar-refractivity contribution >= 4 is 39.5 Å². The number of amides is 1. The lowest BCUT2D eigenvalue weighted by Crippen LogP contribution is -2.25. The van der Waals surface area contributed by atoms with Gasteiger partial charge < -0.3 is 5.32 Å². The third-order valence-electron chi connectivity index (χ3n) is 3.57. The van der Waals surface area contributed by atoms with Crippen LogP contribution in [0.3, 0.4) is 0 Å². The number of nitrogens with one attached hydrogen (secondary N) is 2. The first-order valence-electron chi connectivity index (χ1n) is 8.58. The number of carbonyl (C=O) groups is 1.